The van der Waals surface area contributed by atoms with Crippen molar-refractivity contribution in [2.45, 2.75) is 6.92 Å². The van der Waals surface area contributed by atoms with Crippen LogP contribution in [0.5, 0.6) is 0 Å². The van der Waals surface area contributed by atoms with Gasteiger partial charge < -0.3 is 9.80 Å². The van der Waals surface area contributed by atoms with Crippen LogP contribution in [0.2, 0.25) is 5.02 Å². The molecule has 1 saturated heterocycles. The molecule has 0 bridgehead atoms. The number of piperazine rings is 1. The molecule has 0 atom stereocenters. The summed E-state index contributed by atoms with van der Waals surface area (Å²) >= 11 is 5.97. The van der Waals surface area contributed by atoms with Gasteiger partial charge >= 0.3 is 0 Å². The molecular weight excluding hydrogens is 346 g/mol. The van der Waals surface area contributed by atoms with Crippen molar-refractivity contribution >= 4 is 34.1 Å². The molecule has 3 aromatic rings. The van der Waals surface area contributed by atoms with Crippen molar-refractivity contribution in [2.75, 3.05) is 31.1 Å². The molecule has 5 heteroatoms. The van der Waals surface area contributed by atoms with Crippen LogP contribution in [0.4, 0.5) is 5.69 Å². The Bertz CT molecular complexity index is 947. The molecule has 0 spiro atoms. The van der Waals surface area contributed by atoms with Crippen LogP contribution < -0.4 is 4.90 Å². The summed E-state index contributed by atoms with van der Waals surface area (Å²) < 4.78 is 0. The van der Waals surface area contributed by atoms with E-state index in [1.54, 1.807) is 0 Å². The zero-order chi connectivity index (χ0) is 18.1. The maximum atomic E-state index is 13.1. The van der Waals surface area contributed by atoms with Crippen LogP contribution in [0.3, 0.4) is 0 Å². The minimum Gasteiger partial charge on any atom is -0.368 e. The van der Waals surface area contributed by atoms with Gasteiger partial charge in [-0.15, -0.1) is 0 Å². The van der Waals surface area contributed by atoms with Crippen LogP contribution in [0.1, 0.15) is 16.1 Å². The fourth-order valence-electron chi connectivity index (χ4n) is 3.47. The monoisotopic (exact) mass is 365 g/mol. The van der Waals surface area contributed by atoms with Gasteiger partial charge in [-0.25, -0.2) is 0 Å². The van der Waals surface area contributed by atoms with E-state index in [0.717, 1.165) is 46.0 Å². The highest BCUT2D eigenvalue weighted by Crippen LogP contribution is 2.23. The maximum Gasteiger partial charge on any atom is 0.254 e. The summed E-state index contributed by atoms with van der Waals surface area (Å²) in [5, 5.41) is 1.66. The van der Waals surface area contributed by atoms with Gasteiger partial charge in [0.2, 0.25) is 0 Å². The Balaban J connectivity index is 1.53. The molecule has 26 heavy (non-hydrogen) atoms. The SMILES string of the molecule is Cc1cc(C(=O)N2CCN(c3ccc(Cl)cc3)CC2)c2ccccc2n1. The number of amides is 1. The van der Waals surface area contributed by atoms with E-state index in [1.807, 2.05) is 66.4 Å². The summed E-state index contributed by atoms with van der Waals surface area (Å²) in [6, 6.07) is 17.6. The molecule has 2 heterocycles. The highest BCUT2D eigenvalue weighted by molar-refractivity contribution is 6.30. The molecule has 1 aliphatic heterocycles. The Labute approximate surface area is 158 Å². The lowest BCUT2D eigenvalue weighted by molar-refractivity contribution is 0.0748. The fourth-order valence-corrected chi connectivity index (χ4v) is 3.60. The molecule has 4 rings (SSSR count). The first kappa shape index (κ1) is 16.9. The minimum absolute atomic E-state index is 0.0856. The normalized spacial score (nSPS) is 14.7. The highest BCUT2D eigenvalue weighted by Gasteiger charge is 2.24. The van der Waals surface area contributed by atoms with Crippen molar-refractivity contribution in [1.29, 1.82) is 0 Å². The Morgan fingerprint density at radius 2 is 1.69 bits per heavy atom. The number of hydrogen-bond acceptors (Lipinski definition) is 3. The topological polar surface area (TPSA) is 36.4 Å². The van der Waals surface area contributed by atoms with E-state index < -0.39 is 0 Å². The van der Waals surface area contributed by atoms with Gasteiger partial charge in [-0.3, -0.25) is 9.78 Å². The number of pyridine rings is 1. The number of hydrogen-bond donors (Lipinski definition) is 0. The van der Waals surface area contributed by atoms with E-state index in [4.69, 9.17) is 11.6 Å². The highest BCUT2D eigenvalue weighted by atomic mass is 35.5. The smallest absolute Gasteiger partial charge is 0.254 e. The third-order valence-electron chi connectivity index (χ3n) is 4.83. The maximum absolute atomic E-state index is 13.1. The van der Waals surface area contributed by atoms with Gasteiger partial charge in [0, 0.05) is 48.0 Å². The molecule has 0 aliphatic carbocycles. The minimum atomic E-state index is 0.0856. The van der Waals surface area contributed by atoms with Gasteiger partial charge in [-0.2, -0.15) is 0 Å². The number of anilines is 1. The summed E-state index contributed by atoms with van der Waals surface area (Å²) in [5.74, 6) is 0.0856. The van der Waals surface area contributed by atoms with Crippen LogP contribution in [0, 0.1) is 6.92 Å². The lowest BCUT2D eigenvalue weighted by Gasteiger charge is -2.36. The standard InChI is InChI=1S/C21H20ClN3O/c1-15-14-19(18-4-2-3-5-20(18)23-15)21(26)25-12-10-24(11-13-25)17-8-6-16(22)7-9-17/h2-9,14H,10-13H2,1H3. The van der Waals surface area contributed by atoms with Crippen molar-refractivity contribution in [2.24, 2.45) is 0 Å². The van der Waals surface area contributed by atoms with Crippen molar-refractivity contribution in [3.8, 4) is 0 Å². The molecule has 132 valence electrons. The van der Waals surface area contributed by atoms with Gasteiger partial charge in [-0.05, 0) is 43.3 Å². The zero-order valence-electron chi connectivity index (χ0n) is 14.7. The van der Waals surface area contributed by atoms with E-state index in [1.165, 1.54) is 0 Å². The number of benzene rings is 2. The van der Waals surface area contributed by atoms with E-state index in [-0.39, 0.29) is 5.91 Å². The van der Waals surface area contributed by atoms with Gasteiger partial charge in [0.15, 0.2) is 0 Å². The average Bonchev–Trinajstić information content (AvgIpc) is 2.67. The Morgan fingerprint density at radius 1 is 1.00 bits per heavy atom. The number of carbonyl (C=O) groups is 1. The summed E-state index contributed by atoms with van der Waals surface area (Å²) in [6.07, 6.45) is 0. The van der Waals surface area contributed by atoms with Gasteiger partial charge in [-0.1, -0.05) is 29.8 Å². The fraction of sp³-hybridized carbons (Fsp3) is 0.238. The Morgan fingerprint density at radius 3 is 2.42 bits per heavy atom. The quantitative estimate of drug-likeness (QED) is 0.684. The first-order valence-corrected chi connectivity index (χ1v) is 9.16. The van der Waals surface area contributed by atoms with E-state index in [9.17, 15) is 4.79 Å². The summed E-state index contributed by atoms with van der Waals surface area (Å²) in [5.41, 5.74) is 3.63. The number of nitrogens with zero attached hydrogens (tertiary/aromatic N) is 3. The molecule has 1 aliphatic rings. The lowest BCUT2D eigenvalue weighted by Crippen LogP contribution is -2.48. The van der Waals surface area contributed by atoms with Crippen molar-refractivity contribution < 1.29 is 4.79 Å². The van der Waals surface area contributed by atoms with E-state index >= 15 is 0 Å². The molecule has 4 nitrogen and oxygen atoms in total. The molecular formula is C21H20ClN3O. The molecule has 2 aromatic carbocycles. The van der Waals surface area contributed by atoms with Crippen LogP contribution in [-0.4, -0.2) is 42.0 Å². The summed E-state index contributed by atoms with van der Waals surface area (Å²) in [6.45, 7) is 4.97. The van der Waals surface area contributed by atoms with Gasteiger partial charge in [0.05, 0.1) is 11.1 Å². The Kier molecular flexibility index (Phi) is 4.51. The summed E-state index contributed by atoms with van der Waals surface area (Å²) in [7, 11) is 0. The van der Waals surface area contributed by atoms with Crippen molar-refractivity contribution in [3.05, 3.63) is 70.9 Å². The average molecular weight is 366 g/mol. The first-order valence-electron chi connectivity index (χ1n) is 8.78. The molecule has 0 saturated carbocycles. The summed E-state index contributed by atoms with van der Waals surface area (Å²) in [4.78, 5) is 21.9. The molecule has 0 N–H and O–H groups in total. The number of aryl methyl sites for hydroxylation is 1. The van der Waals surface area contributed by atoms with Crippen LogP contribution >= 0.6 is 11.6 Å². The van der Waals surface area contributed by atoms with E-state index in [2.05, 4.69) is 9.88 Å². The van der Waals surface area contributed by atoms with Gasteiger partial charge in [0.25, 0.3) is 5.91 Å². The van der Waals surface area contributed by atoms with Crippen LogP contribution in [0.15, 0.2) is 54.6 Å². The van der Waals surface area contributed by atoms with Crippen molar-refractivity contribution in [3.63, 3.8) is 0 Å². The number of rotatable bonds is 2. The second kappa shape index (κ2) is 6.96. The number of halogens is 1. The van der Waals surface area contributed by atoms with E-state index in [0.29, 0.717) is 13.1 Å². The molecule has 1 fully saturated rings. The molecule has 1 aromatic heterocycles. The first-order chi connectivity index (χ1) is 12.6. The molecule has 0 radical (unpaired) electrons. The lowest BCUT2D eigenvalue weighted by atomic mass is 10.1. The molecule has 0 unspecified atom stereocenters. The third kappa shape index (κ3) is 3.25. The van der Waals surface area contributed by atoms with Gasteiger partial charge in [0.1, 0.15) is 0 Å². The molecule has 1 amide bonds. The number of aromatic nitrogens is 1. The van der Waals surface area contributed by atoms with Crippen LogP contribution in [-0.2, 0) is 0 Å². The number of carbonyl (C=O) groups excluding carboxylic acids is 1. The van der Waals surface area contributed by atoms with Crippen molar-refractivity contribution in [1.82, 2.24) is 9.88 Å². The number of fused-ring (bicyclic) bond motifs is 1. The second-order valence-corrected chi connectivity index (χ2v) is 7.02. The predicted molar refractivity (Wildman–Crippen MR) is 106 cm³/mol. The number of para-hydroxylation sites is 1. The zero-order valence-corrected chi connectivity index (χ0v) is 15.4. The second-order valence-electron chi connectivity index (χ2n) is 6.58. The third-order valence-corrected chi connectivity index (χ3v) is 5.09. The predicted octanol–water partition coefficient (Wildman–Crippen LogP) is 4.16. The Hall–Kier alpha value is -2.59. The largest absolute Gasteiger partial charge is 0.368 e. The van der Waals surface area contributed by atoms with Crippen LogP contribution in [0.25, 0.3) is 10.9 Å².